The third kappa shape index (κ3) is 4.52. The molecule has 0 saturated carbocycles. The van der Waals surface area contributed by atoms with Crippen molar-refractivity contribution in [3.8, 4) is 11.5 Å². The molecule has 0 radical (unpaired) electrons. The van der Waals surface area contributed by atoms with E-state index in [0.29, 0.717) is 10.6 Å². The highest BCUT2D eigenvalue weighted by atomic mass is 35.5. The summed E-state index contributed by atoms with van der Waals surface area (Å²) in [5, 5.41) is 0.655. The molecule has 0 aliphatic carbocycles. The summed E-state index contributed by atoms with van der Waals surface area (Å²) >= 11 is 5.97. The van der Waals surface area contributed by atoms with Crippen molar-refractivity contribution in [2.75, 3.05) is 26.2 Å². The van der Waals surface area contributed by atoms with Gasteiger partial charge in [-0.25, -0.2) is 0 Å². The third-order valence-corrected chi connectivity index (χ3v) is 6.92. The number of likely N-dealkylation sites (tertiary alicyclic amines) is 2. The largest absolute Gasteiger partial charge is 0.457 e. The van der Waals surface area contributed by atoms with E-state index < -0.39 is 0 Å². The van der Waals surface area contributed by atoms with Crippen LogP contribution in [0.4, 0.5) is 0 Å². The first-order valence-corrected chi connectivity index (χ1v) is 11.6. The second-order valence-electron chi connectivity index (χ2n) is 8.97. The van der Waals surface area contributed by atoms with Gasteiger partial charge in [-0.3, -0.25) is 9.69 Å². The average molecular weight is 447 g/mol. The van der Waals surface area contributed by atoms with Gasteiger partial charge in [0.1, 0.15) is 11.5 Å². The van der Waals surface area contributed by atoms with Gasteiger partial charge < -0.3 is 9.64 Å². The Kier molecular flexibility index (Phi) is 5.90. The molecular weight excluding hydrogens is 420 g/mol. The quantitative estimate of drug-likeness (QED) is 0.491. The Hall–Kier alpha value is -2.82. The molecule has 0 aromatic heterocycles. The molecular formula is C27H27ClN2O2. The molecule has 2 heterocycles. The number of ether oxygens (including phenoxy) is 1. The summed E-state index contributed by atoms with van der Waals surface area (Å²) in [6, 6.07) is 25.4. The zero-order valence-electron chi connectivity index (χ0n) is 18.0. The Bertz CT molecular complexity index is 1090. The van der Waals surface area contributed by atoms with Gasteiger partial charge in [0, 0.05) is 47.7 Å². The van der Waals surface area contributed by atoms with Crippen molar-refractivity contribution >= 4 is 17.5 Å². The fraction of sp³-hybridized carbons (Fsp3) is 0.296. The van der Waals surface area contributed by atoms with Crippen LogP contribution in [-0.4, -0.2) is 41.9 Å². The van der Waals surface area contributed by atoms with Crippen molar-refractivity contribution in [1.29, 1.82) is 0 Å². The van der Waals surface area contributed by atoms with Crippen LogP contribution in [0.3, 0.4) is 0 Å². The molecule has 0 N–H and O–H groups in total. The van der Waals surface area contributed by atoms with Crippen LogP contribution in [0.5, 0.6) is 11.5 Å². The first-order chi connectivity index (χ1) is 15.6. The normalized spacial score (nSPS) is 20.7. The molecule has 2 aliphatic rings. The first kappa shape index (κ1) is 21.0. The third-order valence-electron chi connectivity index (χ3n) is 6.67. The van der Waals surface area contributed by atoms with Gasteiger partial charge in [-0.05, 0) is 61.9 Å². The van der Waals surface area contributed by atoms with E-state index in [0.717, 1.165) is 57.1 Å². The lowest BCUT2D eigenvalue weighted by atomic mass is 9.86. The van der Waals surface area contributed by atoms with Crippen molar-refractivity contribution in [3.05, 3.63) is 95.0 Å². The van der Waals surface area contributed by atoms with Gasteiger partial charge in [0.25, 0.3) is 5.91 Å². The van der Waals surface area contributed by atoms with Gasteiger partial charge in [0.15, 0.2) is 0 Å². The molecule has 5 rings (SSSR count). The summed E-state index contributed by atoms with van der Waals surface area (Å²) in [6.45, 7) is 4.56. The van der Waals surface area contributed by atoms with Gasteiger partial charge >= 0.3 is 0 Å². The van der Waals surface area contributed by atoms with Gasteiger partial charge in [0.2, 0.25) is 0 Å². The molecule has 32 heavy (non-hydrogen) atoms. The second kappa shape index (κ2) is 8.97. The number of benzene rings is 3. The Labute approximate surface area is 194 Å². The zero-order valence-corrected chi connectivity index (χ0v) is 18.8. The molecule has 1 spiro atoms. The van der Waals surface area contributed by atoms with E-state index in [9.17, 15) is 4.79 Å². The van der Waals surface area contributed by atoms with Crippen LogP contribution in [0.1, 0.15) is 28.8 Å². The number of carbonyl (C=O) groups excluding carboxylic acids is 1. The van der Waals surface area contributed by atoms with Crippen molar-refractivity contribution in [2.24, 2.45) is 5.41 Å². The number of hydrogen-bond donors (Lipinski definition) is 0. The minimum atomic E-state index is 0.110. The topological polar surface area (TPSA) is 32.8 Å². The van der Waals surface area contributed by atoms with Gasteiger partial charge in [-0.2, -0.15) is 0 Å². The van der Waals surface area contributed by atoms with Crippen molar-refractivity contribution in [3.63, 3.8) is 0 Å². The highest BCUT2D eigenvalue weighted by Crippen LogP contribution is 2.41. The maximum Gasteiger partial charge on any atom is 0.253 e. The SMILES string of the molecule is O=C(c1ccc(Cl)cc1)N1CCC2(CCN(Cc3ccccc3Oc3ccccc3)C2)C1. The number of nitrogens with zero attached hydrogens (tertiary/aromatic N) is 2. The van der Waals surface area contributed by atoms with Crippen LogP contribution in [0.25, 0.3) is 0 Å². The molecule has 1 atom stereocenters. The number of halogens is 1. The minimum absolute atomic E-state index is 0.110. The molecule has 4 nitrogen and oxygen atoms in total. The molecule has 2 saturated heterocycles. The number of para-hydroxylation sites is 2. The zero-order chi connectivity index (χ0) is 22.0. The van der Waals surface area contributed by atoms with Crippen LogP contribution in [0, 0.1) is 5.41 Å². The number of rotatable bonds is 5. The molecule has 2 aliphatic heterocycles. The molecule has 1 unspecified atom stereocenters. The predicted molar refractivity (Wildman–Crippen MR) is 127 cm³/mol. The average Bonchev–Trinajstić information content (AvgIpc) is 3.42. The smallest absolute Gasteiger partial charge is 0.253 e. The first-order valence-electron chi connectivity index (χ1n) is 11.2. The summed E-state index contributed by atoms with van der Waals surface area (Å²) in [5.74, 6) is 1.87. The number of hydrogen-bond acceptors (Lipinski definition) is 3. The minimum Gasteiger partial charge on any atom is -0.457 e. The van der Waals surface area contributed by atoms with E-state index in [1.165, 1.54) is 5.56 Å². The molecule has 5 heteroatoms. The lowest BCUT2D eigenvalue weighted by molar-refractivity contribution is 0.0773. The van der Waals surface area contributed by atoms with E-state index in [4.69, 9.17) is 16.3 Å². The van der Waals surface area contributed by atoms with Crippen LogP contribution >= 0.6 is 11.6 Å². The highest BCUT2D eigenvalue weighted by molar-refractivity contribution is 6.30. The van der Waals surface area contributed by atoms with Gasteiger partial charge in [-0.1, -0.05) is 48.0 Å². The summed E-state index contributed by atoms with van der Waals surface area (Å²) in [4.78, 5) is 17.5. The lowest BCUT2D eigenvalue weighted by Gasteiger charge is -2.25. The predicted octanol–water partition coefficient (Wildman–Crippen LogP) is 5.87. The van der Waals surface area contributed by atoms with E-state index >= 15 is 0 Å². The Morgan fingerprint density at radius 1 is 0.875 bits per heavy atom. The van der Waals surface area contributed by atoms with Gasteiger partial charge in [0.05, 0.1) is 0 Å². The fourth-order valence-corrected chi connectivity index (χ4v) is 5.10. The Balaban J connectivity index is 1.23. The second-order valence-corrected chi connectivity index (χ2v) is 9.40. The van der Waals surface area contributed by atoms with Crippen molar-refractivity contribution in [1.82, 2.24) is 9.80 Å². The van der Waals surface area contributed by atoms with Crippen molar-refractivity contribution < 1.29 is 9.53 Å². The summed E-state index contributed by atoms with van der Waals surface area (Å²) in [6.07, 6.45) is 2.18. The Morgan fingerprint density at radius 3 is 2.41 bits per heavy atom. The lowest BCUT2D eigenvalue weighted by Crippen LogP contribution is -2.34. The van der Waals surface area contributed by atoms with Crippen LogP contribution < -0.4 is 4.74 Å². The van der Waals surface area contributed by atoms with Crippen LogP contribution in [0.15, 0.2) is 78.9 Å². The molecule has 0 bridgehead atoms. The number of carbonyl (C=O) groups is 1. The standard InChI is InChI=1S/C27H27ClN2O2/c28-23-12-10-21(11-13-23)26(31)30-17-15-27(20-30)14-16-29(19-27)18-22-6-4-5-9-25(22)32-24-7-2-1-3-8-24/h1-13H,14-20H2. The Morgan fingerprint density at radius 2 is 1.59 bits per heavy atom. The monoisotopic (exact) mass is 446 g/mol. The summed E-state index contributed by atoms with van der Waals surface area (Å²) < 4.78 is 6.15. The van der Waals surface area contributed by atoms with E-state index in [-0.39, 0.29) is 11.3 Å². The highest BCUT2D eigenvalue weighted by Gasteiger charge is 2.44. The number of amides is 1. The van der Waals surface area contributed by atoms with E-state index in [2.05, 4.69) is 17.0 Å². The van der Waals surface area contributed by atoms with E-state index in [1.807, 2.05) is 59.5 Å². The molecule has 3 aromatic carbocycles. The summed E-state index contributed by atoms with van der Waals surface area (Å²) in [7, 11) is 0. The fourth-order valence-electron chi connectivity index (χ4n) is 4.97. The maximum atomic E-state index is 12.9. The summed E-state index contributed by atoms with van der Waals surface area (Å²) in [5.41, 5.74) is 2.10. The molecule has 164 valence electrons. The molecule has 1 amide bonds. The van der Waals surface area contributed by atoms with Crippen molar-refractivity contribution in [2.45, 2.75) is 19.4 Å². The maximum absolute atomic E-state index is 12.9. The van der Waals surface area contributed by atoms with Gasteiger partial charge in [-0.15, -0.1) is 0 Å². The van der Waals surface area contributed by atoms with Crippen LogP contribution in [0.2, 0.25) is 5.02 Å². The van der Waals surface area contributed by atoms with Crippen LogP contribution in [-0.2, 0) is 6.54 Å². The van der Waals surface area contributed by atoms with E-state index in [1.54, 1.807) is 12.1 Å². The molecule has 2 fully saturated rings. The molecule has 3 aromatic rings.